The number of phenols is 1. The second-order valence-corrected chi connectivity index (χ2v) is 4.92. The predicted molar refractivity (Wildman–Crippen MR) is 74.7 cm³/mol. The van der Waals surface area contributed by atoms with E-state index in [-0.39, 0.29) is 17.5 Å². The van der Waals surface area contributed by atoms with Gasteiger partial charge in [-0.1, -0.05) is 40.2 Å². The second-order valence-electron chi connectivity index (χ2n) is 4.28. The van der Waals surface area contributed by atoms with Crippen LogP contribution in [-0.2, 0) is 6.42 Å². The smallest absolute Gasteiger partial charge is 0.123 e. The van der Waals surface area contributed by atoms with Crippen molar-refractivity contribution >= 4 is 15.9 Å². The van der Waals surface area contributed by atoms with E-state index in [0.29, 0.717) is 0 Å². The Morgan fingerprint density at radius 2 is 1.83 bits per heavy atom. The molecule has 0 spiro atoms. The van der Waals surface area contributed by atoms with E-state index in [1.54, 1.807) is 24.3 Å². The van der Waals surface area contributed by atoms with Gasteiger partial charge in [-0.15, -0.1) is 0 Å². The normalized spacial score (nSPS) is 12.3. The standard InChI is InChI=1S/C15H14BrFO/c16-10-13(12-2-1-3-14(17)9-12)8-11-4-6-15(18)7-5-11/h1-7,9,13,18H,8,10H2. The van der Waals surface area contributed by atoms with Crippen molar-refractivity contribution in [1.82, 2.24) is 0 Å². The van der Waals surface area contributed by atoms with E-state index in [1.165, 1.54) is 6.07 Å². The molecular formula is C15H14BrFO. The number of rotatable bonds is 4. The number of hydrogen-bond donors (Lipinski definition) is 1. The van der Waals surface area contributed by atoms with Crippen LogP contribution in [0.5, 0.6) is 5.75 Å². The average molecular weight is 309 g/mol. The van der Waals surface area contributed by atoms with Gasteiger partial charge in [-0.05, 0) is 47.7 Å². The second kappa shape index (κ2) is 6.01. The van der Waals surface area contributed by atoms with Gasteiger partial charge in [-0.3, -0.25) is 0 Å². The molecule has 2 rings (SSSR count). The maximum absolute atomic E-state index is 13.2. The fourth-order valence-electron chi connectivity index (χ4n) is 1.94. The first kappa shape index (κ1) is 13.1. The SMILES string of the molecule is Oc1ccc(CC(CBr)c2cccc(F)c2)cc1. The number of alkyl halides is 1. The predicted octanol–water partition coefficient (Wildman–Crippen LogP) is 4.25. The van der Waals surface area contributed by atoms with Gasteiger partial charge in [-0.2, -0.15) is 0 Å². The lowest BCUT2D eigenvalue weighted by Gasteiger charge is -2.14. The van der Waals surface area contributed by atoms with Crippen LogP contribution in [0.2, 0.25) is 0 Å². The van der Waals surface area contributed by atoms with Crippen molar-refractivity contribution in [2.45, 2.75) is 12.3 Å². The molecule has 18 heavy (non-hydrogen) atoms. The molecule has 0 aliphatic heterocycles. The van der Waals surface area contributed by atoms with Crippen LogP contribution in [0, 0.1) is 5.82 Å². The van der Waals surface area contributed by atoms with Crippen molar-refractivity contribution < 1.29 is 9.50 Å². The summed E-state index contributed by atoms with van der Waals surface area (Å²) in [5.74, 6) is 0.286. The molecule has 0 saturated heterocycles. The van der Waals surface area contributed by atoms with E-state index in [1.807, 2.05) is 18.2 Å². The van der Waals surface area contributed by atoms with Gasteiger partial charge in [0.15, 0.2) is 0 Å². The largest absolute Gasteiger partial charge is 0.508 e. The summed E-state index contributed by atoms with van der Waals surface area (Å²) >= 11 is 3.48. The minimum Gasteiger partial charge on any atom is -0.508 e. The Labute approximate surface area is 114 Å². The molecule has 0 aliphatic carbocycles. The summed E-state index contributed by atoms with van der Waals surface area (Å²) in [5, 5.41) is 10.0. The van der Waals surface area contributed by atoms with Crippen molar-refractivity contribution in [2.24, 2.45) is 0 Å². The van der Waals surface area contributed by atoms with E-state index in [9.17, 15) is 9.50 Å². The Bertz CT molecular complexity index is 510. The molecule has 2 aromatic rings. The van der Waals surface area contributed by atoms with E-state index < -0.39 is 0 Å². The summed E-state index contributed by atoms with van der Waals surface area (Å²) in [4.78, 5) is 0. The molecule has 3 heteroatoms. The van der Waals surface area contributed by atoms with Crippen LogP contribution in [0.1, 0.15) is 17.0 Å². The minimum atomic E-state index is -0.204. The molecular weight excluding hydrogens is 295 g/mol. The maximum atomic E-state index is 13.2. The highest BCUT2D eigenvalue weighted by Crippen LogP contribution is 2.24. The maximum Gasteiger partial charge on any atom is 0.123 e. The molecule has 0 saturated carbocycles. The fraction of sp³-hybridized carbons (Fsp3) is 0.200. The molecule has 0 aromatic heterocycles. The van der Waals surface area contributed by atoms with Crippen molar-refractivity contribution in [3.05, 3.63) is 65.5 Å². The molecule has 1 atom stereocenters. The van der Waals surface area contributed by atoms with Crippen LogP contribution < -0.4 is 0 Å². The zero-order valence-corrected chi connectivity index (χ0v) is 11.4. The van der Waals surface area contributed by atoms with Crippen LogP contribution in [-0.4, -0.2) is 10.4 Å². The zero-order valence-electron chi connectivity index (χ0n) is 9.81. The number of hydrogen-bond acceptors (Lipinski definition) is 1. The molecule has 0 heterocycles. The van der Waals surface area contributed by atoms with Crippen LogP contribution in [0.4, 0.5) is 4.39 Å². The lowest BCUT2D eigenvalue weighted by Crippen LogP contribution is -2.04. The lowest BCUT2D eigenvalue weighted by atomic mass is 9.93. The summed E-state index contributed by atoms with van der Waals surface area (Å²) in [7, 11) is 0. The van der Waals surface area contributed by atoms with Crippen LogP contribution in [0.25, 0.3) is 0 Å². The molecule has 0 aliphatic rings. The molecule has 0 amide bonds. The third-order valence-corrected chi connectivity index (χ3v) is 3.71. The summed E-state index contributed by atoms with van der Waals surface area (Å²) in [6.45, 7) is 0. The molecule has 1 N–H and O–H groups in total. The summed E-state index contributed by atoms with van der Waals surface area (Å²) in [5.41, 5.74) is 2.11. The van der Waals surface area contributed by atoms with Gasteiger partial charge in [0, 0.05) is 5.33 Å². The summed E-state index contributed by atoms with van der Waals surface area (Å²) in [6, 6.07) is 13.8. The Morgan fingerprint density at radius 1 is 1.11 bits per heavy atom. The molecule has 0 fully saturated rings. The first-order valence-corrected chi connectivity index (χ1v) is 6.90. The molecule has 2 aromatic carbocycles. The number of halogens is 2. The van der Waals surface area contributed by atoms with E-state index in [0.717, 1.165) is 22.9 Å². The van der Waals surface area contributed by atoms with Crippen molar-refractivity contribution in [3.63, 3.8) is 0 Å². The zero-order chi connectivity index (χ0) is 13.0. The van der Waals surface area contributed by atoms with Crippen molar-refractivity contribution in [2.75, 3.05) is 5.33 Å². The van der Waals surface area contributed by atoms with Gasteiger partial charge in [0.1, 0.15) is 11.6 Å². The average Bonchev–Trinajstić information content (AvgIpc) is 2.38. The van der Waals surface area contributed by atoms with Gasteiger partial charge < -0.3 is 5.11 Å². The first-order valence-electron chi connectivity index (χ1n) is 5.78. The number of benzene rings is 2. The van der Waals surface area contributed by atoms with Gasteiger partial charge in [0.25, 0.3) is 0 Å². The Hall–Kier alpha value is -1.35. The van der Waals surface area contributed by atoms with Crippen LogP contribution >= 0.6 is 15.9 Å². The third kappa shape index (κ3) is 3.33. The Balaban J connectivity index is 2.17. The summed E-state index contributed by atoms with van der Waals surface area (Å²) in [6.07, 6.45) is 0.814. The highest BCUT2D eigenvalue weighted by Gasteiger charge is 2.11. The van der Waals surface area contributed by atoms with Gasteiger partial charge >= 0.3 is 0 Å². The van der Waals surface area contributed by atoms with E-state index in [4.69, 9.17) is 0 Å². The molecule has 1 nitrogen and oxygen atoms in total. The topological polar surface area (TPSA) is 20.2 Å². The monoisotopic (exact) mass is 308 g/mol. The van der Waals surface area contributed by atoms with Crippen molar-refractivity contribution in [1.29, 1.82) is 0 Å². The number of phenolic OH excluding ortho intramolecular Hbond substituents is 1. The molecule has 1 unspecified atom stereocenters. The van der Waals surface area contributed by atoms with Gasteiger partial charge in [0.2, 0.25) is 0 Å². The Kier molecular flexibility index (Phi) is 4.37. The third-order valence-electron chi connectivity index (χ3n) is 2.92. The molecule has 94 valence electrons. The molecule has 0 bridgehead atoms. The van der Waals surface area contributed by atoms with E-state index >= 15 is 0 Å². The van der Waals surface area contributed by atoms with Gasteiger partial charge in [0.05, 0.1) is 0 Å². The summed E-state index contributed by atoms with van der Waals surface area (Å²) < 4.78 is 13.2. The quantitative estimate of drug-likeness (QED) is 0.837. The van der Waals surface area contributed by atoms with Crippen LogP contribution in [0.3, 0.4) is 0 Å². The minimum absolute atomic E-state index is 0.204. The van der Waals surface area contributed by atoms with Gasteiger partial charge in [-0.25, -0.2) is 4.39 Å². The molecule has 0 radical (unpaired) electrons. The highest BCUT2D eigenvalue weighted by atomic mass is 79.9. The van der Waals surface area contributed by atoms with E-state index in [2.05, 4.69) is 15.9 Å². The number of aromatic hydroxyl groups is 1. The lowest BCUT2D eigenvalue weighted by molar-refractivity contribution is 0.475. The van der Waals surface area contributed by atoms with Crippen LogP contribution in [0.15, 0.2) is 48.5 Å². The van der Waals surface area contributed by atoms with Crippen molar-refractivity contribution in [3.8, 4) is 5.75 Å². The fourth-order valence-corrected chi connectivity index (χ4v) is 2.54. The first-order chi connectivity index (χ1) is 8.69. The Morgan fingerprint density at radius 3 is 2.44 bits per heavy atom. The highest BCUT2D eigenvalue weighted by molar-refractivity contribution is 9.09.